The number of ether oxygens (including phenoxy) is 1. The molecule has 1 aliphatic rings. The Morgan fingerprint density at radius 2 is 1.93 bits per heavy atom. The van der Waals surface area contributed by atoms with Crippen molar-refractivity contribution in [3.05, 3.63) is 24.3 Å². The van der Waals surface area contributed by atoms with Gasteiger partial charge in [0.1, 0.15) is 6.33 Å². The normalized spacial score (nSPS) is 19.8. The Morgan fingerprint density at radius 1 is 1.33 bits per heavy atom. The molecule has 0 bridgehead atoms. The highest BCUT2D eigenvalue weighted by molar-refractivity contribution is 6.02. The average Bonchev–Trinajstić information content (AvgIpc) is 2.30. The van der Waals surface area contributed by atoms with Gasteiger partial charge in [0.25, 0.3) is 0 Å². The van der Waals surface area contributed by atoms with Crippen LogP contribution in [0.15, 0.2) is 18.7 Å². The van der Waals surface area contributed by atoms with E-state index in [1.807, 2.05) is 0 Å². The largest absolute Gasteiger partial charge is 0.381 e. The predicted molar refractivity (Wildman–Crippen MR) is 53.3 cm³/mol. The third kappa shape index (κ3) is 2.03. The van der Waals surface area contributed by atoms with Crippen LogP contribution in [0.5, 0.6) is 0 Å². The zero-order chi connectivity index (χ0) is 10.7. The number of aromatic nitrogens is 2. The Labute approximate surface area is 87.7 Å². The molecule has 1 aliphatic heterocycles. The molecule has 2 heterocycles. The van der Waals surface area contributed by atoms with Gasteiger partial charge in [0.15, 0.2) is 5.78 Å². The van der Waals surface area contributed by atoms with Gasteiger partial charge in [0.05, 0.1) is 11.1 Å². The Balaban J connectivity index is 2.20. The first-order chi connectivity index (χ1) is 7.22. The van der Waals surface area contributed by atoms with Gasteiger partial charge in [-0.05, 0) is 12.8 Å². The van der Waals surface area contributed by atoms with Crippen LogP contribution in [0.25, 0.3) is 0 Å². The molecule has 5 heteroatoms. The summed E-state index contributed by atoms with van der Waals surface area (Å²) < 4.78 is 5.19. The summed E-state index contributed by atoms with van der Waals surface area (Å²) in [4.78, 5) is 19.7. The summed E-state index contributed by atoms with van der Waals surface area (Å²) in [7, 11) is 0. The molecule has 0 spiro atoms. The second-order valence-corrected chi connectivity index (χ2v) is 3.72. The van der Waals surface area contributed by atoms with E-state index < -0.39 is 5.54 Å². The van der Waals surface area contributed by atoms with E-state index in [1.165, 1.54) is 18.7 Å². The molecule has 0 radical (unpaired) electrons. The van der Waals surface area contributed by atoms with Crippen molar-refractivity contribution in [2.45, 2.75) is 18.4 Å². The summed E-state index contributed by atoms with van der Waals surface area (Å²) in [6, 6.07) is 0. The number of carbonyl (C=O) groups excluding carboxylic acids is 1. The quantitative estimate of drug-likeness (QED) is 0.699. The molecule has 2 N–H and O–H groups in total. The van der Waals surface area contributed by atoms with Gasteiger partial charge in [-0.1, -0.05) is 0 Å². The molecule has 1 aromatic rings. The van der Waals surface area contributed by atoms with Crippen LogP contribution in [0.4, 0.5) is 0 Å². The molecule has 1 fully saturated rings. The van der Waals surface area contributed by atoms with Crippen molar-refractivity contribution < 1.29 is 9.53 Å². The smallest absolute Gasteiger partial charge is 0.185 e. The number of carbonyl (C=O) groups is 1. The minimum absolute atomic E-state index is 0.0913. The van der Waals surface area contributed by atoms with Crippen molar-refractivity contribution in [3.63, 3.8) is 0 Å². The number of nitrogens with two attached hydrogens (primary N) is 1. The maximum absolute atomic E-state index is 12.1. The Kier molecular flexibility index (Phi) is 2.75. The third-order valence-corrected chi connectivity index (χ3v) is 2.66. The summed E-state index contributed by atoms with van der Waals surface area (Å²) in [5, 5.41) is 0. The fraction of sp³-hybridized carbons (Fsp3) is 0.500. The third-order valence-electron chi connectivity index (χ3n) is 2.66. The molecule has 0 atom stereocenters. The molecular weight excluding hydrogens is 194 g/mol. The minimum atomic E-state index is -0.803. The molecule has 0 saturated carbocycles. The highest BCUT2D eigenvalue weighted by Gasteiger charge is 2.36. The van der Waals surface area contributed by atoms with E-state index in [-0.39, 0.29) is 5.78 Å². The summed E-state index contributed by atoms with van der Waals surface area (Å²) >= 11 is 0. The second-order valence-electron chi connectivity index (χ2n) is 3.72. The van der Waals surface area contributed by atoms with Gasteiger partial charge in [-0.3, -0.25) is 4.79 Å². The van der Waals surface area contributed by atoms with Gasteiger partial charge in [-0.15, -0.1) is 0 Å². The maximum atomic E-state index is 12.1. The lowest BCUT2D eigenvalue weighted by atomic mass is 9.84. The fourth-order valence-electron chi connectivity index (χ4n) is 1.67. The zero-order valence-corrected chi connectivity index (χ0v) is 8.35. The standard InChI is InChI=1S/C10H13N3O2/c11-10(1-3-15-4-2-10)9(14)8-5-12-7-13-6-8/h5-7H,1-4,11H2. The second kappa shape index (κ2) is 4.04. The summed E-state index contributed by atoms with van der Waals surface area (Å²) in [5.41, 5.74) is 5.72. The molecule has 0 aliphatic carbocycles. The highest BCUT2D eigenvalue weighted by Crippen LogP contribution is 2.21. The summed E-state index contributed by atoms with van der Waals surface area (Å²) in [5.74, 6) is -0.0913. The topological polar surface area (TPSA) is 78.1 Å². The van der Waals surface area contributed by atoms with Crippen LogP contribution >= 0.6 is 0 Å². The number of Topliss-reactive ketones (excluding diaryl/α,β-unsaturated/α-hetero) is 1. The summed E-state index contributed by atoms with van der Waals surface area (Å²) in [6.45, 7) is 1.08. The molecule has 15 heavy (non-hydrogen) atoms. The predicted octanol–water partition coefficient (Wildman–Crippen LogP) is 0.167. The van der Waals surface area contributed by atoms with Crippen LogP contribution in [-0.4, -0.2) is 34.5 Å². The number of hydrogen-bond donors (Lipinski definition) is 1. The van der Waals surface area contributed by atoms with E-state index in [9.17, 15) is 4.79 Å². The molecule has 5 nitrogen and oxygen atoms in total. The number of hydrogen-bond acceptors (Lipinski definition) is 5. The van der Waals surface area contributed by atoms with Crippen molar-refractivity contribution in [2.24, 2.45) is 5.73 Å². The molecule has 0 amide bonds. The van der Waals surface area contributed by atoms with Gasteiger partial charge in [-0.2, -0.15) is 0 Å². The average molecular weight is 207 g/mol. The molecule has 2 rings (SSSR count). The van der Waals surface area contributed by atoms with E-state index >= 15 is 0 Å². The number of ketones is 1. The lowest BCUT2D eigenvalue weighted by molar-refractivity contribution is 0.0447. The van der Waals surface area contributed by atoms with Crippen molar-refractivity contribution >= 4 is 5.78 Å². The van der Waals surface area contributed by atoms with Crippen LogP contribution in [0.1, 0.15) is 23.2 Å². The van der Waals surface area contributed by atoms with Crippen LogP contribution < -0.4 is 5.73 Å². The van der Waals surface area contributed by atoms with Crippen LogP contribution in [0.3, 0.4) is 0 Å². The van der Waals surface area contributed by atoms with Crippen molar-refractivity contribution in [1.29, 1.82) is 0 Å². The fourth-order valence-corrected chi connectivity index (χ4v) is 1.67. The minimum Gasteiger partial charge on any atom is -0.381 e. The first-order valence-electron chi connectivity index (χ1n) is 4.89. The number of rotatable bonds is 2. The first kappa shape index (κ1) is 10.2. The van der Waals surface area contributed by atoms with Gasteiger partial charge >= 0.3 is 0 Å². The van der Waals surface area contributed by atoms with Gasteiger partial charge in [-0.25, -0.2) is 9.97 Å². The lowest BCUT2D eigenvalue weighted by Gasteiger charge is -2.31. The highest BCUT2D eigenvalue weighted by atomic mass is 16.5. The molecule has 80 valence electrons. The molecular formula is C10H13N3O2. The first-order valence-corrected chi connectivity index (χ1v) is 4.89. The van der Waals surface area contributed by atoms with Crippen LogP contribution in [-0.2, 0) is 4.74 Å². The Hall–Kier alpha value is -1.33. The van der Waals surface area contributed by atoms with Crippen molar-refractivity contribution in [1.82, 2.24) is 9.97 Å². The van der Waals surface area contributed by atoms with E-state index in [0.717, 1.165) is 0 Å². The van der Waals surface area contributed by atoms with E-state index in [1.54, 1.807) is 0 Å². The van der Waals surface area contributed by atoms with Gasteiger partial charge < -0.3 is 10.5 Å². The van der Waals surface area contributed by atoms with Crippen LogP contribution in [0.2, 0.25) is 0 Å². The molecule has 0 aromatic carbocycles. The Bertz CT molecular complexity index is 347. The molecule has 1 aromatic heterocycles. The van der Waals surface area contributed by atoms with Gasteiger partial charge in [0, 0.05) is 25.6 Å². The zero-order valence-electron chi connectivity index (χ0n) is 8.35. The van der Waals surface area contributed by atoms with Gasteiger partial charge in [0.2, 0.25) is 0 Å². The van der Waals surface area contributed by atoms with Crippen molar-refractivity contribution in [2.75, 3.05) is 13.2 Å². The van der Waals surface area contributed by atoms with E-state index in [2.05, 4.69) is 9.97 Å². The van der Waals surface area contributed by atoms with Crippen LogP contribution in [0, 0.1) is 0 Å². The maximum Gasteiger partial charge on any atom is 0.185 e. The van der Waals surface area contributed by atoms with E-state index in [0.29, 0.717) is 31.6 Å². The number of nitrogens with zero attached hydrogens (tertiary/aromatic N) is 2. The Morgan fingerprint density at radius 3 is 2.53 bits per heavy atom. The lowest BCUT2D eigenvalue weighted by Crippen LogP contribution is -2.51. The monoisotopic (exact) mass is 207 g/mol. The van der Waals surface area contributed by atoms with E-state index in [4.69, 9.17) is 10.5 Å². The summed E-state index contributed by atoms with van der Waals surface area (Å²) in [6.07, 6.45) is 5.50. The molecule has 1 saturated heterocycles. The SMILES string of the molecule is NC1(C(=O)c2cncnc2)CCOCC1. The van der Waals surface area contributed by atoms with Crippen molar-refractivity contribution in [3.8, 4) is 0 Å². The molecule has 0 unspecified atom stereocenters.